The Morgan fingerprint density at radius 3 is 2.67 bits per heavy atom. The highest BCUT2D eigenvalue weighted by Crippen LogP contribution is 2.16. The maximum absolute atomic E-state index is 5.72. The van der Waals surface area contributed by atoms with Crippen LogP contribution in [0.2, 0.25) is 5.02 Å². The second kappa shape index (κ2) is 4.18. The average molecular weight is 226 g/mol. The lowest BCUT2D eigenvalue weighted by atomic mass is 10.3. The number of nitrogens with two attached hydrogens (primary N) is 1. The first-order chi connectivity index (χ1) is 7.24. The van der Waals surface area contributed by atoms with Crippen LogP contribution in [-0.4, -0.2) is 10.1 Å². The van der Waals surface area contributed by atoms with Crippen LogP contribution in [0.4, 0.5) is 5.95 Å². The van der Waals surface area contributed by atoms with Gasteiger partial charge in [0.05, 0.1) is 0 Å². The highest BCUT2D eigenvalue weighted by Gasteiger charge is 2.03. The van der Waals surface area contributed by atoms with Gasteiger partial charge in [-0.3, -0.25) is 0 Å². The summed E-state index contributed by atoms with van der Waals surface area (Å²) in [6, 6.07) is 6.97. The van der Waals surface area contributed by atoms with E-state index in [2.05, 4.69) is 10.1 Å². The summed E-state index contributed by atoms with van der Waals surface area (Å²) in [7, 11) is 0. The fourth-order valence-electron chi connectivity index (χ4n) is 1.00. The zero-order valence-electron chi connectivity index (χ0n) is 7.68. The van der Waals surface area contributed by atoms with Gasteiger partial charge in [0.15, 0.2) is 6.61 Å². The molecule has 15 heavy (non-hydrogen) atoms. The zero-order valence-corrected chi connectivity index (χ0v) is 8.44. The molecule has 0 saturated carbocycles. The number of hydrogen-bond acceptors (Lipinski definition) is 5. The van der Waals surface area contributed by atoms with E-state index in [1.54, 1.807) is 24.3 Å². The van der Waals surface area contributed by atoms with E-state index in [4.69, 9.17) is 26.6 Å². The van der Waals surface area contributed by atoms with Gasteiger partial charge in [-0.15, -0.1) is 0 Å². The van der Waals surface area contributed by atoms with Gasteiger partial charge in [0.25, 0.3) is 11.8 Å². The molecule has 78 valence electrons. The van der Waals surface area contributed by atoms with Crippen LogP contribution in [0.25, 0.3) is 0 Å². The Hall–Kier alpha value is -1.75. The fraction of sp³-hybridized carbons (Fsp3) is 0.111. The second-order valence-electron chi connectivity index (χ2n) is 2.79. The molecule has 0 fully saturated rings. The van der Waals surface area contributed by atoms with E-state index in [-0.39, 0.29) is 12.6 Å². The molecule has 2 rings (SSSR count). The summed E-state index contributed by atoms with van der Waals surface area (Å²) in [6.45, 7) is 0.186. The normalized spacial score (nSPS) is 10.2. The zero-order chi connectivity index (χ0) is 10.7. The van der Waals surface area contributed by atoms with Gasteiger partial charge < -0.3 is 15.0 Å². The average Bonchev–Trinajstić information content (AvgIpc) is 2.64. The molecule has 6 heteroatoms. The first-order valence-corrected chi connectivity index (χ1v) is 4.58. The summed E-state index contributed by atoms with van der Waals surface area (Å²) in [4.78, 5) is 3.79. The Labute approximate surface area is 90.8 Å². The van der Waals surface area contributed by atoms with Gasteiger partial charge in [0, 0.05) is 5.02 Å². The molecule has 2 N–H and O–H groups in total. The Morgan fingerprint density at radius 1 is 1.33 bits per heavy atom. The molecule has 0 aliphatic carbocycles. The molecule has 0 unspecified atom stereocenters. The van der Waals surface area contributed by atoms with Crippen LogP contribution < -0.4 is 10.5 Å². The Kier molecular flexibility index (Phi) is 2.73. The van der Waals surface area contributed by atoms with Crippen LogP contribution in [0, 0.1) is 0 Å². The van der Waals surface area contributed by atoms with E-state index < -0.39 is 0 Å². The molecular formula is C9H8ClN3O2. The van der Waals surface area contributed by atoms with Gasteiger partial charge in [-0.25, -0.2) is 0 Å². The first-order valence-electron chi connectivity index (χ1n) is 4.20. The number of nitrogen functional groups attached to an aromatic ring is 1. The summed E-state index contributed by atoms with van der Waals surface area (Å²) in [5, 5.41) is 4.09. The lowest BCUT2D eigenvalue weighted by Crippen LogP contribution is -1.95. The number of halogens is 1. The van der Waals surface area contributed by atoms with Crippen LogP contribution >= 0.6 is 11.6 Å². The van der Waals surface area contributed by atoms with Crippen molar-refractivity contribution in [3.8, 4) is 5.75 Å². The van der Waals surface area contributed by atoms with E-state index in [1.165, 1.54) is 0 Å². The summed E-state index contributed by atoms with van der Waals surface area (Å²) in [5.74, 6) is 1.11. The van der Waals surface area contributed by atoms with E-state index in [9.17, 15) is 0 Å². The van der Waals surface area contributed by atoms with Crippen molar-refractivity contribution >= 4 is 17.5 Å². The van der Waals surface area contributed by atoms with Crippen LogP contribution in [-0.2, 0) is 6.61 Å². The minimum absolute atomic E-state index is 0.102. The third-order valence-corrected chi connectivity index (χ3v) is 1.91. The largest absolute Gasteiger partial charge is 0.484 e. The van der Waals surface area contributed by atoms with E-state index in [0.29, 0.717) is 16.7 Å². The number of aromatic nitrogens is 2. The number of hydrogen-bond donors (Lipinski definition) is 1. The first kappa shape index (κ1) is 9.79. The topological polar surface area (TPSA) is 74.2 Å². The van der Waals surface area contributed by atoms with E-state index >= 15 is 0 Å². The molecular weight excluding hydrogens is 218 g/mol. The Morgan fingerprint density at radius 2 is 2.07 bits per heavy atom. The van der Waals surface area contributed by atoms with Gasteiger partial charge in [-0.1, -0.05) is 11.6 Å². The van der Waals surface area contributed by atoms with Crippen molar-refractivity contribution < 1.29 is 9.26 Å². The quantitative estimate of drug-likeness (QED) is 0.863. The number of benzene rings is 1. The molecule has 2 aromatic rings. The molecule has 0 atom stereocenters. The monoisotopic (exact) mass is 225 g/mol. The van der Waals surface area contributed by atoms with Gasteiger partial charge in [-0.05, 0) is 29.4 Å². The molecule has 1 heterocycles. The molecule has 0 bridgehead atoms. The number of rotatable bonds is 3. The smallest absolute Gasteiger partial charge is 0.266 e. The predicted octanol–water partition coefficient (Wildman–Crippen LogP) is 1.88. The molecule has 0 radical (unpaired) electrons. The lowest BCUT2D eigenvalue weighted by Gasteiger charge is -2.01. The summed E-state index contributed by atoms with van der Waals surface area (Å²) < 4.78 is 10.1. The van der Waals surface area contributed by atoms with Crippen molar-refractivity contribution in [3.63, 3.8) is 0 Å². The molecule has 1 aromatic carbocycles. The Bertz CT molecular complexity index is 441. The number of nitrogens with zero attached hydrogens (tertiary/aromatic N) is 2. The van der Waals surface area contributed by atoms with Crippen molar-refractivity contribution in [2.75, 3.05) is 5.73 Å². The van der Waals surface area contributed by atoms with Gasteiger partial charge in [0.1, 0.15) is 5.75 Å². The maximum atomic E-state index is 5.72. The predicted molar refractivity (Wildman–Crippen MR) is 54.5 cm³/mol. The van der Waals surface area contributed by atoms with Crippen LogP contribution in [0.1, 0.15) is 5.89 Å². The van der Waals surface area contributed by atoms with Crippen molar-refractivity contribution in [3.05, 3.63) is 35.2 Å². The standard InChI is InChI=1S/C9H8ClN3O2/c10-6-1-3-7(4-2-6)14-5-8-12-9(11)13-15-8/h1-4H,5H2,(H2,11,13). The second-order valence-corrected chi connectivity index (χ2v) is 3.23. The molecule has 5 nitrogen and oxygen atoms in total. The lowest BCUT2D eigenvalue weighted by molar-refractivity contribution is 0.243. The molecule has 0 aliphatic heterocycles. The minimum Gasteiger partial charge on any atom is -0.484 e. The van der Waals surface area contributed by atoms with Crippen LogP contribution in [0.5, 0.6) is 5.75 Å². The highest BCUT2D eigenvalue weighted by molar-refractivity contribution is 6.30. The van der Waals surface area contributed by atoms with Gasteiger partial charge >= 0.3 is 0 Å². The maximum Gasteiger partial charge on any atom is 0.266 e. The molecule has 0 spiro atoms. The van der Waals surface area contributed by atoms with Crippen molar-refractivity contribution in [1.82, 2.24) is 10.1 Å². The van der Waals surface area contributed by atoms with E-state index in [1.807, 2.05) is 0 Å². The summed E-state index contributed by atoms with van der Waals surface area (Å²) in [5.41, 5.74) is 5.28. The van der Waals surface area contributed by atoms with Gasteiger partial charge in [-0.2, -0.15) is 4.98 Å². The third-order valence-electron chi connectivity index (χ3n) is 1.66. The Balaban J connectivity index is 1.96. The molecule has 0 aliphatic rings. The minimum atomic E-state index is 0.102. The fourth-order valence-corrected chi connectivity index (χ4v) is 1.13. The van der Waals surface area contributed by atoms with Crippen molar-refractivity contribution in [2.24, 2.45) is 0 Å². The van der Waals surface area contributed by atoms with Crippen molar-refractivity contribution in [1.29, 1.82) is 0 Å². The third kappa shape index (κ3) is 2.60. The highest BCUT2D eigenvalue weighted by atomic mass is 35.5. The van der Waals surface area contributed by atoms with Crippen LogP contribution in [0.3, 0.4) is 0 Å². The van der Waals surface area contributed by atoms with Crippen molar-refractivity contribution in [2.45, 2.75) is 6.61 Å². The summed E-state index contributed by atoms with van der Waals surface area (Å²) in [6.07, 6.45) is 0. The molecule has 0 saturated heterocycles. The number of anilines is 1. The molecule has 0 amide bonds. The summed E-state index contributed by atoms with van der Waals surface area (Å²) >= 11 is 5.72. The van der Waals surface area contributed by atoms with Gasteiger partial charge in [0.2, 0.25) is 0 Å². The molecule has 1 aromatic heterocycles. The number of ether oxygens (including phenoxy) is 1. The van der Waals surface area contributed by atoms with Crippen LogP contribution in [0.15, 0.2) is 28.8 Å². The SMILES string of the molecule is Nc1noc(COc2ccc(Cl)cc2)n1. The van der Waals surface area contributed by atoms with E-state index in [0.717, 1.165) is 0 Å².